The molecule has 7 heteroatoms. The summed E-state index contributed by atoms with van der Waals surface area (Å²) >= 11 is 0. The van der Waals surface area contributed by atoms with Gasteiger partial charge in [0.25, 0.3) is 0 Å². The van der Waals surface area contributed by atoms with Gasteiger partial charge in [-0.15, -0.1) is 0 Å². The zero-order chi connectivity index (χ0) is 22.2. The van der Waals surface area contributed by atoms with Crippen LogP contribution in [0.4, 0.5) is 16.0 Å². The molecule has 5 rings (SSSR count). The maximum absolute atomic E-state index is 14.6. The first-order valence-corrected chi connectivity index (χ1v) is 10.7. The first-order chi connectivity index (χ1) is 15.5. The molecule has 162 valence electrons. The Labute approximate surface area is 186 Å². The quantitative estimate of drug-likeness (QED) is 0.529. The normalized spacial score (nSPS) is 14.8. The van der Waals surface area contributed by atoms with Gasteiger partial charge >= 0.3 is 0 Å². The minimum absolute atomic E-state index is 0.293. The van der Waals surface area contributed by atoms with Crippen LogP contribution in [0.1, 0.15) is 5.56 Å². The van der Waals surface area contributed by atoms with Gasteiger partial charge in [-0.25, -0.2) is 19.3 Å². The number of pyridine rings is 3. The maximum atomic E-state index is 14.6. The Kier molecular flexibility index (Phi) is 5.19. The predicted octanol–water partition coefficient (Wildman–Crippen LogP) is 4.14. The van der Waals surface area contributed by atoms with Crippen LogP contribution in [0.25, 0.3) is 33.3 Å². The van der Waals surface area contributed by atoms with Crippen molar-refractivity contribution in [3.63, 3.8) is 0 Å². The van der Waals surface area contributed by atoms with Crippen molar-refractivity contribution in [1.29, 1.82) is 0 Å². The minimum Gasteiger partial charge on any atom is -0.383 e. The van der Waals surface area contributed by atoms with E-state index in [1.54, 1.807) is 18.3 Å². The number of nitrogens with zero attached hydrogens (tertiary/aromatic N) is 5. The Hall–Kier alpha value is -3.58. The second kappa shape index (κ2) is 8.16. The van der Waals surface area contributed by atoms with Crippen LogP contribution in [0.2, 0.25) is 0 Å². The highest BCUT2D eigenvalue weighted by molar-refractivity contribution is 5.99. The molecule has 3 aromatic heterocycles. The van der Waals surface area contributed by atoms with Crippen LogP contribution in [0.5, 0.6) is 0 Å². The summed E-state index contributed by atoms with van der Waals surface area (Å²) in [6.07, 6.45) is 3.57. The molecule has 1 saturated heterocycles. The van der Waals surface area contributed by atoms with Crippen LogP contribution in [0, 0.1) is 12.7 Å². The summed E-state index contributed by atoms with van der Waals surface area (Å²) in [4.78, 5) is 18.5. The van der Waals surface area contributed by atoms with Crippen LogP contribution in [-0.2, 0) is 0 Å². The molecule has 4 aromatic rings. The number of rotatable bonds is 3. The summed E-state index contributed by atoms with van der Waals surface area (Å²) in [6, 6.07) is 12.8. The lowest BCUT2D eigenvalue weighted by atomic mass is 10.0. The van der Waals surface area contributed by atoms with Crippen molar-refractivity contribution in [3.8, 4) is 22.4 Å². The monoisotopic (exact) mass is 428 g/mol. The molecule has 0 bridgehead atoms. The molecule has 0 radical (unpaired) electrons. The summed E-state index contributed by atoms with van der Waals surface area (Å²) in [6.45, 7) is 5.85. The van der Waals surface area contributed by atoms with E-state index in [0.717, 1.165) is 54.1 Å². The van der Waals surface area contributed by atoms with Gasteiger partial charge in [-0.1, -0.05) is 12.1 Å². The molecule has 1 aliphatic rings. The lowest BCUT2D eigenvalue weighted by Crippen LogP contribution is -2.44. The highest BCUT2D eigenvalue weighted by Crippen LogP contribution is 2.33. The van der Waals surface area contributed by atoms with Crippen molar-refractivity contribution in [2.75, 3.05) is 43.9 Å². The number of benzene rings is 1. The number of aryl methyl sites for hydroxylation is 1. The van der Waals surface area contributed by atoms with Crippen molar-refractivity contribution in [2.24, 2.45) is 0 Å². The highest BCUT2D eigenvalue weighted by Gasteiger charge is 2.17. The predicted molar refractivity (Wildman–Crippen MR) is 127 cm³/mol. The van der Waals surface area contributed by atoms with Gasteiger partial charge in [0, 0.05) is 60.6 Å². The molecule has 1 fully saturated rings. The molecular formula is C25H25FN6. The number of nitrogens with two attached hydrogens (primary N) is 1. The third kappa shape index (κ3) is 3.65. The Morgan fingerprint density at radius 2 is 1.75 bits per heavy atom. The number of likely N-dealkylation sites (N-methyl/N-ethyl adjacent to an activating group) is 1. The smallest absolute Gasteiger partial charge is 0.132 e. The Balaban J connectivity index is 1.57. The van der Waals surface area contributed by atoms with E-state index in [9.17, 15) is 4.39 Å². The van der Waals surface area contributed by atoms with Gasteiger partial charge < -0.3 is 15.5 Å². The third-order valence-electron chi connectivity index (χ3n) is 6.12. The van der Waals surface area contributed by atoms with Gasteiger partial charge in [0.2, 0.25) is 0 Å². The molecule has 0 unspecified atom stereocenters. The van der Waals surface area contributed by atoms with Gasteiger partial charge in [-0.2, -0.15) is 0 Å². The maximum Gasteiger partial charge on any atom is 0.132 e. The molecule has 6 nitrogen and oxygen atoms in total. The van der Waals surface area contributed by atoms with Gasteiger partial charge in [0.1, 0.15) is 17.5 Å². The molecule has 1 aliphatic heterocycles. The number of hydrogen-bond donors (Lipinski definition) is 1. The van der Waals surface area contributed by atoms with Crippen molar-refractivity contribution in [1.82, 2.24) is 19.9 Å². The standard InChI is InChI=1S/C25H25FN6/c1-16-4-3-5-20(26)23(16)21-8-7-18-24(30-21)19(15-29-25(18)27)17-6-9-22(28-14-17)32-12-10-31(2)11-13-32/h3-9,14-15H,10-13H2,1-2H3,(H2,27,29). The second-order valence-electron chi connectivity index (χ2n) is 8.28. The molecule has 4 heterocycles. The number of anilines is 2. The number of hydrogen-bond acceptors (Lipinski definition) is 6. The van der Waals surface area contributed by atoms with E-state index in [0.29, 0.717) is 22.6 Å². The molecule has 0 atom stereocenters. The van der Waals surface area contributed by atoms with Crippen LogP contribution in [-0.4, -0.2) is 53.1 Å². The summed E-state index contributed by atoms with van der Waals surface area (Å²) < 4.78 is 14.6. The fourth-order valence-electron chi connectivity index (χ4n) is 4.21. The fraction of sp³-hybridized carbons (Fsp3) is 0.240. The average molecular weight is 429 g/mol. The summed E-state index contributed by atoms with van der Waals surface area (Å²) in [5, 5.41) is 0.739. The number of nitrogen functional groups attached to an aromatic ring is 1. The van der Waals surface area contributed by atoms with E-state index >= 15 is 0 Å². The van der Waals surface area contributed by atoms with Crippen LogP contribution in [0.3, 0.4) is 0 Å². The number of piperazine rings is 1. The lowest BCUT2D eigenvalue weighted by molar-refractivity contribution is 0.312. The topological polar surface area (TPSA) is 71.2 Å². The number of aromatic nitrogens is 3. The van der Waals surface area contributed by atoms with Crippen molar-refractivity contribution in [2.45, 2.75) is 6.92 Å². The fourth-order valence-corrected chi connectivity index (χ4v) is 4.21. The largest absolute Gasteiger partial charge is 0.383 e. The summed E-state index contributed by atoms with van der Waals surface area (Å²) in [5.41, 5.74) is 10.4. The van der Waals surface area contributed by atoms with E-state index in [1.165, 1.54) is 6.07 Å². The first kappa shape index (κ1) is 20.3. The average Bonchev–Trinajstić information content (AvgIpc) is 2.80. The molecule has 1 aromatic carbocycles. The first-order valence-electron chi connectivity index (χ1n) is 10.7. The van der Waals surface area contributed by atoms with Crippen LogP contribution < -0.4 is 10.6 Å². The van der Waals surface area contributed by atoms with Crippen molar-refractivity contribution >= 4 is 22.5 Å². The molecule has 0 spiro atoms. The summed E-state index contributed by atoms with van der Waals surface area (Å²) in [7, 11) is 2.14. The zero-order valence-electron chi connectivity index (χ0n) is 18.2. The van der Waals surface area contributed by atoms with Gasteiger partial charge in [0.05, 0.1) is 11.2 Å². The third-order valence-corrected chi connectivity index (χ3v) is 6.12. The molecule has 32 heavy (non-hydrogen) atoms. The SMILES string of the molecule is Cc1cccc(F)c1-c1ccc2c(N)ncc(-c3ccc(N4CCN(C)CC4)nc3)c2n1. The van der Waals surface area contributed by atoms with Gasteiger partial charge in [0.15, 0.2) is 0 Å². The second-order valence-corrected chi connectivity index (χ2v) is 8.28. The van der Waals surface area contributed by atoms with E-state index in [4.69, 9.17) is 15.7 Å². The van der Waals surface area contributed by atoms with Gasteiger partial charge in [-0.05, 0) is 49.9 Å². The van der Waals surface area contributed by atoms with Crippen molar-refractivity contribution in [3.05, 3.63) is 66.2 Å². The van der Waals surface area contributed by atoms with E-state index < -0.39 is 0 Å². The Bertz CT molecular complexity index is 1260. The molecule has 2 N–H and O–H groups in total. The number of fused-ring (bicyclic) bond motifs is 1. The molecule has 0 amide bonds. The molecule has 0 saturated carbocycles. The zero-order valence-corrected chi connectivity index (χ0v) is 18.2. The van der Waals surface area contributed by atoms with Gasteiger partial charge in [-0.3, -0.25) is 0 Å². The Morgan fingerprint density at radius 3 is 2.47 bits per heavy atom. The van der Waals surface area contributed by atoms with Crippen LogP contribution in [0.15, 0.2) is 54.9 Å². The summed E-state index contributed by atoms with van der Waals surface area (Å²) in [5.74, 6) is 1.07. The minimum atomic E-state index is -0.293. The van der Waals surface area contributed by atoms with Crippen LogP contribution >= 0.6 is 0 Å². The molecule has 0 aliphatic carbocycles. The highest BCUT2D eigenvalue weighted by atomic mass is 19.1. The molecular weight excluding hydrogens is 403 g/mol. The van der Waals surface area contributed by atoms with Crippen molar-refractivity contribution < 1.29 is 4.39 Å². The number of halogens is 1. The van der Waals surface area contributed by atoms with E-state index in [1.807, 2.05) is 37.4 Å². The van der Waals surface area contributed by atoms with E-state index in [2.05, 4.69) is 21.8 Å². The Morgan fingerprint density at radius 1 is 0.938 bits per heavy atom. The lowest BCUT2D eigenvalue weighted by Gasteiger charge is -2.33. The van der Waals surface area contributed by atoms with E-state index in [-0.39, 0.29) is 5.82 Å².